The molecule has 0 saturated carbocycles. The molecule has 1 aliphatic carbocycles. The summed E-state index contributed by atoms with van der Waals surface area (Å²) in [5, 5.41) is 11.2. The highest BCUT2D eigenvalue weighted by Gasteiger charge is 2.47. The number of hydrogen-bond acceptors (Lipinski definition) is 7. The summed E-state index contributed by atoms with van der Waals surface area (Å²) in [7, 11) is 5.02. The van der Waals surface area contributed by atoms with E-state index in [-0.39, 0.29) is 13.2 Å². The largest absolute Gasteiger partial charge is 0.497 e. The quantitative estimate of drug-likeness (QED) is 0.152. The van der Waals surface area contributed by atoms with Gasteiger partial charge >= 0.3 is 0 Å². The first-order chi connectivity index (χ1) is 23.0. The molecule has 240 valence electrons. The van der Waals surface area contributed by atoms with Gasteiger partial charge in [-0.1, -0.05) is 54.6 Å². The van der Waals surface area contributed by atoms with Crippen LogP contribution in [0, 0.1) is 0 Å². The Bertz CT molecular complexity index is 1950. The van der Waals surface area contributed by atoms with Crippen molar-refractivity contribution in [3.63, 3.8) is 0 Å². The maximum absolute atomic E-state index is 9.23. The summed E-state index contributed by atoms with van der Waals surface area (Å²) in [6.07, 6.45) is 4.33. The summed E-state index contributed by atoms with van der Waals surface area (Å²) in [6, 6.07) is 30.6. The lowest BCUT2D eigenvalue weighted by molar-refractivity contribution is -0.0378. The van der Waals surface area contributed by atoms with E-state index < -0.39 is 11.2 Å². The minimum absolute atomic E-state index is 0.0391. The molecule has 1 aliphatic heterocycles. The molecule has 47 heavy (non-hydrogen) atoms. The molecule has 7 heteroatoms. The molecule has 0 saturated heterocycles. The molecule has 1 N–H and O–H groups in total. The molecule has 5 aromatic carbocycles. The molecular formula is C40H38O7. The third-order valence-electron chi connectivity index (χ3n) is 9.32. The highest BCUT2D eigenvalue weighted by Crippen LogP contribution is 2.59. The first-order valence-electron chi connectivity index (χ1n) is 15.8. The lowest BCUT2D eigenvalue weighted by Gasteiger charge is -2.39. The zero-order chi connectivity index (χ0) is 32.6. The molecular weight excluding hydrogens is 592 g/mol. The Morgan fingerprint density at radius 2 is 1.38 bits per heavy atom. The van der Waals surface area contributed by atoms with Crippen LogP contribution in [0.2, 0.25) is 0 Å². The maximum Gasteiger partial charge on any atom is 0.178 e. The molecule has 0 aromatic heterocycles. The molecule has 0 fully saturated rings. The molecule has 7 nitrogen and oxygen atoms in total. The van der Waals surface area contributed by atoms with E-state index in [2.05, 4.69) is 67.6 Å². The van der Waals surface area contributed by atoms with Crippen molar-refractivity contribution < 1.29 is 33.5 Å². The first-order valence-corrected chi connectivity index (χ1v) is 15.8. The zero-order valence-electron chi connectivity index (χ0n) is 27.0. The normalized spacial score (nSPS) is 19.1. The Labute approximate surface area is 274 Å². The number of rotatable bonds is 11. The molecule has 0 bridgehead atoms. The van der Waals surface area contributed by atoms with Gasteiger partial charge in [-0.05, 0) is 77.5 Å². The van der Waals surface area contributed by atoms with Gasteiger partial charge in [-0.15, -0.1) is 0 Å². The molecule has 7 rings (SSSR count). The topological polar surface area (TPSA) is 75.6 Å². The van der Waals surface area contributed by atoms with E-state index in [4.69, 9.17) is 28.4 Å². The highest BCUT2D eigenvalue weighted by molar-refractivity contribution is 6.08. The van der Waals surface area contributed by atoms with Crippen LogP contribution >= 0.6 is 0 Å². The average Bonchev–Trinajstić information content (AvgIpc) is 3.39. The van der Waals surface area contributed by atoms with Crippen LogP contribution in [-0.4, -0.2) is 52.9 Å². The molecule has 0 amide bonds. The Morgan fingerprint density at radius 3 is 2.11 bits per heavy atom. The minimum atomic E-state index is -0.922. The number of methoxy groups -OCH3 is 3. The zero-order valence-corrected chi connectivity index (χ0v) is 27.0. The van der Waals surface area contributed by atoms with Crippen LogP contribution < -0.4 is 18.9 Å². The van der Waals surface area contributed by atoms with Gasteiger partial charge in [-0.3, -0.25) is 0 Å². The van der Waals surface area contributed by atoms with Crippen LogP contribution in [0.15, 0.2) is 97.1 Å². The van der Waals surface area contributed by atoms with E-state index in [9.17, 15) is 5.11 Å². The lowest BCUT2D eigenvalue weighted by atomic mass is 9.80. The third-order valence-corrected chi connectivity index (χ3v) is 9.32. The van der Waals surface area contributed by atoms with Gasteiger partial charge in [0.25, 0.3) is 0 Å². The lowest BCUT2D eigenvalue weighted by Crippen LogP contribution is -2.35. The van der Waals surface area contributed by atoms with Crippen molar-refractivity contribution in [2.24, 2.45) is 0 Å². The van der Waals surface area contributed by atoms with Gasteiger partial charge in [-0.2, -0.15) is 0 Å². The predicted molar refractivity (Wildman–Crippen MR) is 183 cm³/mol. The number of hydrogen-bond donors (Lipinski definition) is 1. The second kappa shape index (κ2) is 12.4. The van der Waals surface area contributed by atoms with E-state index >= 15 is 0 Å². The number of benzene rings is 5. The molecule has 5 aromatic rings. The molecule has 1 heterocycles. The fourth-order valence-electron chi connectivity index (χ4n) is 7.04. The number of ether oxygens (including phenoxy) is 6. The predicted octanol–water partition coefficient (Wildman–Crippen LogP) is 7.48. The highest BCUT2D eigenvalue weighted by atomic mass is 16.5. The minimum Gasteiger partial charge on any atom is -0.497 e. The first kappa shape index (κ1) is 30.8. The van der Waals surface area contributed by atoms with E-state index in [1.165, 1.54) is 0 Å². The maximum atomic E-state index is 9.23. The molecule has 2 unspecified atom stereocenters. The van der Waals surface area contributed by atoms with Crippen molar-refractivity contribution in [1.29, 1.82) is 0 Å². The summed E-state index contributed by atoms with van der Waals surface area (Å²) >= 11 is 0. The standard InChI is InChI=1S/C40H38O7/c1-39(46-23-22-45-21-20-41)35-25-30(44-4)15-17-32(35)36-31-16-14-29(43-3)24-34(31)38-33(37(36)39)18-19-40(47-38,26-8-6-5-7-9-26)27-10-12-28(42-2)13-11-27/h5-19,24-25,41H,20-23H2,1-4H3. The van der Waals surface area contributed by atoms with Crippen LogP contribution in [0.1, 0.15) is 34.7 Å². The van der Waals surface area contributed by atoms with Crippen LogP contribution in [0.4, 0.5) is 0 Å². The summed E-state index contributed by atoms with van der Waals surface area (Å²) in [4.78, 5) is 0. The van der Waals surface area contributed by atoms with Gasteiger partial charge < -0.3 is 33.5 Å². The van der Waals surface area contributed by atoms with Gasteiger partial charge in [0.2, 0.25) is 0 Å². The van der Waals surface area contributed by atoms with Gasteiger partial charge in [-0.25, -0.2) is 0 Å². The van der Waals surface area contributed by atoms with Crippen LogP contribution in [-0.2, 0) is 20.7 Å². The van der Waals surface area contributed by atoms with Gasteiger partial charge in [0.1, 0.15) is 28.6 Å². The average molecular weight is 631 g/mol. The van der Waals surface area contributed by atoms with Crippen LogP contribution in [0.5, 0.6) is 23.0 Å². The summed E-state index contributed by atoms with van der Waals surface area (Å²) in [5.74, 6) is 3.00. The fourth-order valence-corrected chi connectivity index (χ4v) is 7.04. The number of fused-ring (bicyclic) bond motifs is 8. The Morgan fingerprint density at radius 1 is 0.702 bits per heavy atom. The Balaban J connectivity index is 1.50. The summed E-state index contributed by atoms with van der Waals surface area (Å²) in [6.45, 7) is 3.00. The van der Waals surface area contributed by atoms with Crippen LogP contribution in [0.3, 0.4) is 0 Å². The van der Waals surface area contributed by atoms with Gasteiger partial charge in [0.05, 0.1) is 47.8 Å². The van der Waals surface area contributed by atoms with E-state index in [0.717, 1.165) is 72.7 Å². The van der Waals surface area contributed by atoms with E-state index in [1.54, 1.807) is 21.3 Å². The van der Waals surface area contributed by atoms with E-state index in [1.807, 2.05) is 42.5 Å². The van der Waals surface area contributed by atoms with E-state index in [0.29, 0.717) is 13.2 Å². The molecule has 0 spiro atoms. The third kappa shape index (κ3) is 5.02. The van der Waals surface area contributed by atoms with Gasteiger partial charge in [0.15, 0.2) is 5.60 Å². The monoisotopic (exact) mass is 630 g/mol. The fraction of sp³-hybridized carbons (Fsp3) is 0.250. The van der Waals surface area contributed by atoms with Crippen molar-refractivity contribution in [1.82, 2.24) is 0 Å². The smallest absolute Gasteiger partial charge is 0.178 e. The van der Waals surface area contributed by atoms with Crippen molar-refractivity contribution in [2.45, 2.75) is 18.1 Å². The molecule has 0 radical (unpaired) electrons. The summed E-state index contributed by atoms with van der Waals surface area (Å²) < 4.78 is 36.7. The molecule has 2 atom stereocenters. The van der Waals surface area contributed by atoms with Gasteiger partial charge in [0, 0.05) is 27.6 Å². The van der Waals surface area contributed by atoms with Crippen molar-refractivity contribution in [2.75, 3.05) is 47.8 Å². The van der Waals surface area contributed by atoms with Crippen molar-refractivity contribution >= 4 is 16.8 Å². The summed E-state index contributed by atoms with van der Waals surface area (Å²) in [5.41, 5.74) is 5.30. The second-order valence-corrected chi connectivity index (χ2v) is 11.8. The molecule has 2 aliphatic rings. The Hall–Kier alpha value is -4.82. The van der Waals surface area contributed by atoms with Crippen molar-refractivity contribution in [3.8, 4) is 34.1 Å². The number of aliphatic hydroxyl groups excluding tert-OH is 1. The van der Waals surface area contributed by atoms with Crippen molar-refractivity contribution in [3.05, 3.63) is 125 Å². The second-order valence-electron chi connectivity index (χ2n) is 11.8. The Kier molecular flexibility index (Phi) is 8.14. The number of aliphatic hydroxyl groups is 1. The van der Waals surface area contributed by atoms with Crippen LogP contribution in [0.25, 0.3) is 28.0 Å². The SMILES string of the molecule is COc1ccc(C2(c3ccccc3)C=Cc3c4c(c5ccc(OC)cc5c3O2)-c2ccc(OC)cc2C4(C)OCCOCCO)cc1.